The summed E-state index contributed by atoms with van der Waals surface area (Å²) in [5.41, 5.74) is 5.42. The predicted octanol–water partition coefficient (Wildman–Crippen LogP) is -0.493. The minimum absolute atomic E-state index is 0.0810. The normalized spacial score (nSPS) is 37.5. The fourth-order valence-corrected chi connectivity index (χ4v) is 0.629. The third-order valence-corrected chi connectivity index (χ3v) is 1.43. The van der Waals surface area contributed by atoms with Crippen LogP contribution in [0.15, 0.2) is 0 Å². The Bertz CT molecular complexity index is 113. The van der Waals surface area contributed by atoms with Gasteiger partial charge in [-0.25, -0.2) is 0 Å². The number of carbonyl (C=O) groups excluding carboxylic acids is 1. The molecule has 0 spiro atoms. The molecule has 1 aliphatic rings. The number of esters is 1. The molecule has 0 aromatic rings. The van der Waals surface area contributed by atoms with Crippen molar-refractivity contribution in [3.05, 3.63) is 0 Å². The van der Waals surface area contributed by atoms with Crippen molar-refractivity contribution in [2.75, 3.05) is 6.61 Å². The van der Waals surface area contributed by atoms with E-state index in [2.05, 4.69) is 4.74 Å². The molecule has 3 nitrogen and oxygen atoms in total. The second-order valence-electron chi connectivity index (χ2n) is 2.08. The summed E-state index contributed by atoms with van der Waals surface area (Å²) >= 11 is 0. The molecular formula is C5H9NO2. The summed E-state index contributed by atoms with van der Waals surface area (Å²) in [7, 11) is 0. The standard InChI is InChI=1S/C5H9NO2/c1-3-4(6)2-8-5(3)7/h3-4H,2,6H2,1H3/t3-,4-/m1/s1. The van der Waals surface area contributed by atoms with E-state index in [1.54, 1.807) is 6.92 Å². The zero-order valence-electron chi connectivity index (χ0n) is 4.76. The number of cyclic esters (lactones) is 1. The molecule has 0 amide bonds. The molecule has 0 radical (unpaired) electrons. The van der Waals surface area contributed by atoms with Crippen LogP contribution >= 0.6 is 0 Å². The van der Waals surface area contributed by atoms with Gasteiger partial charge >= 0.3 is 5.97 Å². The largest absolute Gasteiger partial charge is 0.464 e. The van der Waals surface area contributed by atoms with Gasteiger partial charge in [0.15, 0.2) is 0 Å². The van der Waals surface area contributed by atoms with Gasteiger partial charge in [0.1, 0.15) is 6.61 Å². The molecule has 0 saturated carbocycles. The Morgan fingerprint density at radius 1 is 1.88 bits per heavy atom. The van der Waals surface area contributed by atoms with Crippen LogP contribution in [0.2, 0.25) is 0 Å². The van der Waals surface area contributed by atoms with E-state index in [4.69, 9.17) is 5.73 Å². The Balaban J connectivity index is 2.56. The van der Waals surface area contributed by atoms with Gasteiger partial charge in [0.25, 0.3) is 0 Å². The third kappa shape index (κ3) is 0.690. The molecule has 0 aromatic heterocycles. The highest BCUT2D eigenvalue weighted by molar-refractivity contribution is 5.74. The topological polar surface area (TPSA) is 52.3 Å². The highest BCUT2D eigenvalue weighted by Gasteiger charge is 2.29. The Morgan fingerprint density at radius 2 is 2.50 bits per heavy atom. The van der Waals surface area contributed by atoms with Gasteiger partial charge in [-0.1, -0.05) is 6.92 Å². The van der Waals surface area contributed by atoms with Gasteiger partial charge in [-0.2, -0.15) is 0 Å². The van der Waals surface area contributed by atoms with E-state index in [0.29, 0.717) is 6.61 Å². The van der Waals surface area contributed by atoms with Gasteiger partial charge in [-0.15, -0.1) is 0 Å². The van der Waals surface area contributed by atoms with E-state index in [9.17, 15) is 4.79 Å². The molecule has 0 bridgehead atoms. The summed E-state index contributed by atoms with van der Waals surface area (Å²) in [6.45, 7) is 2.17. The number of carbonyl (C=O) groups is 1. The van der Waals surface area contributed by atoms with Crippen molar-refractivity contribution < 1.29 is 9.53 Å². The van der Waals surface area contributed by atoms with Gasteiger partial charge in [0, 0.05) is 0 Å². The number of hydrogen-bond acceptors (Lipinski definition) is 3. The lowest BCUT2D eigenvalue weighted by Crippen LogP contribution is -2.27. The molecule has 1 rings (SSSR count). The second-order valence-corrected chi connectivity index (χ2v) is 2.08. The minimum atomic E-state index is -0.169. The van der Waals surface area contributed by atoms with E-state index in [-0.39, 0.29) is 17.9 Å². The quantitative estimate of drug-likeness (QED) is 0.433. The summed E-state index contributed by atoms with van der Waals surface area (Å²) < 4.78 is 4.61. The van der Waals surface area contributed by atoms with Crippen molar-refractivity contribution in [2.24, 2.45) is 11.7 Å². The van der Waals surface area contributed by atoms with Crippen LogP contribution in [0.4, 0.5) is 0 Å². The van der Waals surface area contributed by atoms with Crippen molar-refractivity contribution in [1.29, 1.82) is 0 Å². The zero-order chi connectivity index (χ0) is 6.15. The van der Waals surface area contributed by atoms with Crippen LogP contribution in [0.1, 0.15) is 6.92 Å². The van der Waals surface area contributed by atoms with Gasteiger partial charge in [-0.05, 0) is 0 Å². The van der Waals surface area contributed by atoms with Gasteiger partial charge < -0.3 is 10.5 Å². The maximum Gasteiger partial charge on any atom is 0.310 e. The summed E-state index contributed by atoms with van der Waals surface area (Å²) in [5.74, 6) is -0.271. The van der Waals surface area contributed by atoms with Crippen LogP contribution in [0, 0.1) is 5.92 Å². The summed E-state index contributed by atoms with van der Waals surface area (Å²) in [6, 6.07) is -0.0810. The summed E-state index contributed by atoms with van der Waals surface area (Å²) in [4.78, 5) is 10.5. The molecule has 1 aliphatic heterocycles. The Hall–Kier alpha value is -0.570. The Morgan fingerprint density at radius 3 is 2.62 bits per heavy atom. The van der Waals surface area contributed by atoms with Crippen molar-refractivity contribution in [2.45, 2.75) is 13.0 Å². The molecule has 3 heteroatoms. The second kappa shape index (κ2) is 1.74. The average Bonchev–Trinajstić information content (AvgIpc) is 1.98. The first-order chi connectivity index (χ1) is 3.72. The molecule has 1 heterocycles. The monoisotopic (exact) mass is 115 g/mol. The number of nitrogens with two attached hydrogens (primary N) is 1. The van der Waals surface area contributed by atoms with Crippen LogP contribution in [-0.4, -0.2) is 18.6 Å². The van der Waals surface area contributed by atoms with E-state index in [1.165, 1.54) is 0 Å². The molecule has 1 fully saturated rings. The molecule has 0 unspecified atom stereocenters. The van der Waals surface area contributed by atoms with Crippen LogP contribution in [0.25, 0.3) is 0 Å². The molecule has 46 valence electrons. The zero-order valence-corrected chi connectivity index (χ0v) is 4.76. The van der Waals surface area contributed by atoms with Crippen molar-refractivity contribution >= 4 is 5.97 Å². The third-order valence-electron chi connectivity index (χ3n) is 1.43. The molecule has 8 heavy (non-hydrogen) atoms. The lowest BCUT2D eigenvalue weighted by Gasteiger charge is -1.98. The number of hydrogen-bond donors (Lipinski definition) is 1. The van der Waals surface area contributed by atoms with Crippen LogP contribution in [0.3, 0.4) is 0 Å². The molecule has 0 aromatic carbocycles. The first-order valence-corrected chi connectivity index (χ1v) is 2.64. The molecule has 0 aliphatic carbocycles. The lowest BCUT2D eigenvalue weighted by atomic mass is 10.1. The molecule has 2 N–H and O–H groups in total. The van der Waals surface area contributed by atoms with E-state index >= 15 is 0 Å². The first-order valence-electron chi connectivity index (χ1n) is 2.64. The highest BCUT2D eigenvalue weighted by atomic mass is 16.5. The van der Waals surface area contributed by atoms with Crippen LogP contribution < -0.4 is 5.73 Å². The predicted molar refractivity (Wildman–Crippen MR) is 28.1 cm³/mol. The van der Waals surface area contributed by atoms with Crippen molar-refractivity contribution in [1.82, 2.24) is 0 Å². The van der Waals surface area contributed by atoms with Crippen LogP contribution in [0.5, 0.6) is 0 Å². The number of ether oxygens (including phenoxy) is 1. The Kier molecular flexibility index (Phi) is 1.21. The van der Waals surface area contributed by atoms with Gasteiger partial charge in [-0.3, -0.25) is 4.79 Å². The van der Waals surface area contributed by atoms with E-state index in [1.807, 2.05) is 0 Å². The first kappa shape index (κ1) is 5.56. The molecule has 1 saturated heterocycles. The average molecular weight is 115 g/mol. The van der Waals surface area contributed by atoms with E-state index in [0.717, 1.165) is 0 Å². The van der Waals surface area contributed by atoms with Crippen LogP contribution in [-0.2, 0) is 9.53 Å². The van der Waals surface area contributed by atoms with E-state index < -0.39 is 0 Å². The Labute approximate surface area is 47.8 Å². The van der Waals surface area contributed by atoms with Gasteiger partial charge in [0.2, 0.25) is 0 Å². The lowest BCUT2D eigenvalue weighted by molar-refractivity contribution is -0.140. The smallest absolute Gasteiger partial charge is 0.310 e. The molecular weight excluding hydrogens is 106 g/mol. The molecule has 2 atom stereocenters. The highest BCUT2D eigenvalue weighted by Crippen LogP contribution is 2.10. The van der Waals surface area contributed by atoms with Crippen molar-refractivity contribution in [3.63, 3.8) is 0 Å². The summed E-state index contributed by atoms with van der Waals surface area (Å²) in [5, 5.41) is 0. The van der Waals surface area contributed by atoms with Gasteiger partial charge in [0.05, 0.1) is 12.0 Å². The maximum atomic E-state index is 10.5. The SMILES string of the molecule is C[C@H]1C(=O)OC[C@H]1N. The minimum Gasteiger partial charge on any atom is -0.464 e. The maximum absolute atomic E-state index is 10.5. The number of rotatable bonds is 0. The summed E-state index contributed by atoms with van der Waals surface area (Å²) in [6.07, 6.45) is 0. The van der Waals surface area contributed by atoms with Crippen molar-refractivity contribution in [3.8, 4) is 0 Å². The fourth-order valence-electron chi connectivity index (χ4n) is 0.629. The fraction of sp³-hybridized carbons (Fsp3) is 0.800.